The van der Waals surface area contributed by atoms with Gasteiger partial charge < -0.3 is 0 Å². The maximum atomic E-state index is 13.0. The Bertz CT molecular complexity index is 317. The third kappa shape index (κ3) is 4.02. The standard InChI is InChI=1S/C8H10BrF9Si/c1-19(2,9)4-3-5(10,11)6(12,13)7(14,15)8(16,17)18/h3-4H2,1-2H3. The molecule has 0 nitrogen and oxygen atoms in total. The summed E-state index contributed by atoms with van der Waals surface area (Å²) in [7, 11) is 0. The smallest absolute Gasteiger partial charge is 0.200 e. The molecule has 0 amide bonds. The number of alkyl halides is 9. The van der Waals surface area contributed by atoms with Crippen molar-refractivity contribution in [1.82, 2.24) is 0 Å². The topological polar surface area (TPSA) is 0 Å². The Labute approximate surface area is 111 Å². The summed E-state index contributed by atoms with van der Waals surface area (Å²) in [6, 6.07) is -0.580. The fourth-order valence-electron chi connectivity index (χ4n) is 1.02. The molecule has 0 unspecified atom stereocenters. The molecule has 0 fully saturated rings. The summed E-state index contributed by atoms with van der Waals surface area (Å²) in [5.41, 5.74) is 0. The van der Waals surface area contributed by atoms with Crippen molar-refractivity contribution in [3.8, 4) is 0 Å². The molecule has 11 heteroatoms. The number of hydrogen-bond donors (Lipinski definition) is 0. The van der Waals surface area contributed by atoms with Crippen molar-refractivity contribution in [2.24, 2.45) is 0 Å². The molecule has 0 spiro atoms. The average Bonchev–Trinajstić information content (AvgIpc) is 2.11. The van der Waals surface area contributed by atoms with Crippen LogP contribution in [0.3, 0.4) is 0 Å². The van der Waals surface area contributed by atoms with E-state index >= 15 is 0 Å². The fraction of sp³-hybridized carbons (Fsp3) is 1.00. The van der Waals surface area contributed by atoms with E-state index in [1.54, 1.807) is 0 Å². The zero-order chi connectivity index (χ0) is 15.9. The Morgan fingerprint density at radius 3 is 1.42 bits per heavy atom. The van der Waals surface area contributed by atoms with Crippen LogP contribution >= 0.6 is 15.3 Å². The summed E-state index contributed by atoms with van der Waals surface area (Å²) in [5.74, 6) is -18.7. The van der Waals surface area contributed by atoms with Gasteiger partial charge in [0.1, 0.15) is 6.69 Å². The molecule has 0 aliphatic heterocycles. The Hall–Kier alpha value is 0.0669. The van der Waals surface area contributed by atoms with E-state index in [2.05, 4.69) is 15.3 Å². The Balaban J connectivity index is 5.28. The second-order valence-corrected chi connectivity index (χ2v) is 14.9. The summed E-state index contributed by atoms with van der Waals surface area (Å²) in [5, 5.41) is 0. The minimum absolute atomic E-state index is 0.580. The molecule has 0 aliphatic rings. The molecule has 0 bridgehead atoms. The third-order valence-electron chi connectivity index (χ3n) is 2.24. The van der Waals surface area contributed by atoms with Crippen molar-refractivity contribution in [1.29, 1.82) is 0 Å². The average molecular weight is 385 g/mol. The highest BCUT2D eigenvalue weighted by Gasteiger charge is 2.81. The summed E-state index contributed by atoms with van der Waals surface area (Å²) in [6.45, 7) is 0.362. The van der Waals surface area contributed by atoms with Gasteiger partial charge in [0.05, 0.1) is 0 Å². The van der Waals surface area contributed by atoms with Gasteiger partial charge in [-0.3, -0.25) is 0 Å². The summed E-state index contributed by atoms with van der Waals surface area (Å²) in [4.78, 5) is 0. The van der Waals surface area contributed by atoms with Gasteiger partial charge in [-0.2, -0.15) is 39.5 Å². The predicted octanol–water partition coefficient (Wildman–Crippen LogP) is 5.44. The molecule has 0 aromatic heterocycles. The molecule has 0 heterocycles. The van der Waals surface area contributed by atoms with E-state index in [1.807, 2.05) is 0 Å². The van der Waals surface area contributed by atoms with E-state index < -0.39 is 43.1 Å². The van der Waals surface area contributed by atoms with Crippen LogP contribution in [0.4, 0.5) is 39.5 Å². The van der Waals surface area contributed by atoms with E-state index in [1.165, 1.54) is 13.1 Å². The lowest BCUT2D eigenvalue weighted by Gasteiger charge is -2.34. The number of halogens is 10. The second-order valence-electron chi connectivity index (χ2n) is 4.57. The van der Waals surface area contributed by atoms with Crippen LogP contribution < -0.4 is 0 Å². The second kappa shape index (κ2) is 5.12. The Morgan fingerprint density at radius 1 is 0.789 bits per heavy atom. The van der Waals surface area contributed by atoms with Crippen molar-refractivity contribution in [2.45, 2.75) is 49.5 Å². The maximum absolute atomic E-state index is 13.0. The van der Waals surface area contributed by atoms with E-state index in [0.29, 0.717) is 0 Å². The molecule has 0 saturated carbocycles. The lowest BCUT2D eigenvalue weighted by atomic mass is 10.0. The fourth-order valence-corrected chi connectivity index (χ4v) is 2.52. The van der Waals surface area contributed by atoms with Crippen molar-refractivity contribution in [2.75, 3.05) is 0 Å². The van der Waals surface area contributed by atoms with E-state index in [4.69, 9.17) is 0 Å². The van der Waals surface area contributed by atoms with Gasteiger partial charge >= 0.3 is 23.9 Å². The molecular formula is C8H10BrF9Si. The summed E-state index contributed by atoms with van der Waals surface area (Å²) < 4.78 is 112. The first-order chi connectivity index (χ1) is 7.96. The highest BCUT2D eigenvalue weighted by atomic mass is 79.9. The normalized spacial score (nSPS) is 15.8. The summed E-state index contributed by atoms with van der Waals surface area (Å²) >= 11 is 2.94. The summed E-state index contributed by atoms with van der Waals surface area (Å²) in [6.07, 6.45) is -8.50. The van der Waals surface area contributed by atoms with Crippen LogP contribution in [-0.2, 0) is 0 Å². The first-order valence-electron chi connectivity index (χ1n) is 4.85. The molecule has 116 valence electrons. The van der Waals surface area contributed by atoms with Crippen LogP contribution in [0.2, 0.25) is 19.1 Å². The van der Waals surface area contributed by atoms with E-state index in [0.717, 1.165) is 0 Å². The van der Waals surface area contributed by atoms with Crippen LogP contribution in [0.5, 0.6) is 0 Å². The van der Waals surface area contributed by atoms with Gasteiger partial charge in [0, 0.05) is 6.42 Å². The number of rotatable bonds is 5. The van der Waals surface area contributed by atoms with Crippen LogP contribution in [0.1, 0.15) is 6.42 Å². The Kier molecular flexibility index (Phi) is 5.14. The first-order valence-corrected chi connectivity index (χ1v) is 10.3. The van der Waals surface area contributed by atoms with Crippen LogP contribution in [-0.4, -0.2) is 30.6 Å². The molecule has 0 aliphatic carbocycles. The highest BCUT2D eigenvalue weighted by molar-refractivity contribution is 9.26. The molecule has 0 N–H and O–H groups in total. The van der Waals surface area contributed by atoms with E-state index in [-0.39, 0.29) is 0 Å². The van der Waals surface area contributed by atoms with Gasteiger partial charge in [-0.15, -0.1) is 15.3 Å². The van der Waals surface area contributed by atoms with E-state index in [9.17, 15) is 39.5 Å². The quantitative estimate of drug-likeness (QED) is 0.336. The van der Waals surface area contributed by atoms with Gasteiger partial charge in [-0.1, -0.05) is 13.1 Å². The predicted molar refractivity (Wildman–Crippen MR) is 56.7 cm³/mol. The van der Waals surface area contributed by atoms with Gasteiger partial charge in [0.2, 0.25) is 0 Å². The monoisotopic (exact) mass is 384 g/mol. The Morgan fingerprint density at radius 2 is 1.16 bits per heavy atom. The minimum atomic E-state index is -6.79. The lowest BCUT2D eigenvalue weighted by Crippen LogP contribution is -2.60. The molecule has 0 aromatic carbocycles. The minimum Gasteiger partial charge on any atom is -0.200 e. The van der Waals surface area contributed by atoms with Gasteiger partial charge in [0.15, 0.2) is 0 Å². The maximum Gasteiger partial charge on any atom is 0.460 e. The zero-order valence-electron chi connectivity index (χ0n) is 9.69. The molecule has 0 aromatic rings. The molecule has 0 rings (SSSR count). The molecule has 19 heavy (non-hydrogen) atoms. The first kappa shape index (κ1) is 19.1. The third-order valence-corrected chi connectivity index (χ3v) is 4.87. The highest BCUT2D eigenvalue weighted by Crippen LogP contribution is 2.54. The van der Waals surface area contributed by atoms with Crippen molar-refractivity contribution < 1.29 is 39.5 Å². The van der Waals surface area contributed by atoms with Gasteiger partial charge in [0.25, 0.3) is 0 Å². The van der Waals surface area contributed by atoms with Crippen LogP contribution in [0, 0.1) is 0 Å². The SMILES string of the molecule is C[Si](C)(Br)CCC(F)(F)C(F)(F)C(F)(F)C(F)(F)F. The zero-order valence-corrected chi connectivity index (χ0v) is 12.3. The molecule has 0 atom stereocenters. The lowest BCUT2D eigenvalue weighted by molar-refractivity contribution is -0.396. The number of hydrogen-bond acceptors (Lipinski definition) is 0. The molecule has 0 radical (unpaired) electrons. The molecular weight excluding hydrogens is 375 g/mol. The van der Waals surface area contributed by atoms with Crippen molar-refractivity contribution >= 4 is 22.0 Å². The van der Waals surface area contributed by atoms with Crippen LogP contribution in [0.15, 0.2) is 0 Å². The van der Waals surface area contributed by atoms with Crippen molar-refractivity contribution in [3.63, 3.8) is 0 Å². The molecule has 0 saturated heterocycles. The van der Waals surface area contributed by atoms with Gasteiger partial charge in [-0.25, -0.2) is 0 Å². The largest absolute Gasteiger partial charge is 0.460 e. The van der Waals surface area contributed by atoms with Gasteiger partial charge in [-0.05, 0) is 6.04 Å². The van der Waals surface area contributed by atoms with Crippen LogP contribution in [0.25, 0.3) is 0 Å². The van der Waals surface area contributed by atoms with Crippen molar-refractivity contribution in [3.05, 3.63) is 0 Å².